The monoisotopic (exact) mass is 392 g/mol. The van der Waals surface area contributed by atoms with Crippen LogP contribution in [-0.2, 0) is 0 Å². The van der Waals surface area contributed by atoms with Crippen LogP contribution < -0.4 is 5.32 Å². The van der Waals surface area contributed by atoms with Crippen molar-refractivity contribution < 1.29 is 9.72 Å². The summed E-state index contributed by atoms with van der Waals surface area (Å²) < 4.78 is 8.80. The SMILES string of the molecule is Cc1ccc2nsnc2c1NC(=O)c1cc([N+](=O)[O-])ccc1Br. The standard InChI is InChI=1S/C14H9BrN4O3S/c1-7-2-5-11-13(18-23-17-11)12(7)16-14(20)9-6-8(19(21)22)3-4-10(9)15/h2-6H,1H3,(H,16,20). The minimum Gasteiger partial charge on any atom is -0.320 e. The Morgan fingerprint density at radius 3 is 2.83 bits per heavy atom. The lowest BCUT2D eigenvalue weighted by Gasteiger charge is -2.10. The van der Waals surface area contributed by atoms with E-state index in [1.165, 1.54) is 18.2 Å². The summed E-state index contributed by atoms with van der Waals surface area (Å²) >= 11 is 4.30. The molecule has 3 aromatic rings. The van der Waals surface area contributed by atoms with E-state index in [4.69, 9.17) is 0 Å². The van der Waals surface area contributed by atoms with Gasteiger partial charge >= 0.3 is 0 Å². The maximum absolute atomic E-state index is 12.5. The van der Waals surface area contributed by atoms with Crippen molar-refractivity contribution in [3.8, 4) is 0 Å². The molecule has 0 unspecified atom stereocenters. The van der Waals surface area contributed by atoms with Crippen molar-refractivity contribution in [1.29, 1.82) is 0 Å². The lowest BCUT2D eigenvalue weighted by atomic mass is 10.1. The highest BCUT2D eigenvalue weighted by molar-refractivity contribution is 9.10. The molecule has 2 aromatic carbocycles. The molecule has 0 aliphatic rings. The van der Waals surface area contributed by atoms with Gasteiger partial charge in [-0.2, -0.15) is 8.75 Å². The maximum atomic E-state index is 12.5. The number of anilines is 1. The normalized spacial score (nSPS) is 10.7. The Bertz CT molecular complexity index is 941. The van der Waals surface area contributed by atoms with E-state index in [2.05, 4.69) is 30.0 Å². The first kappa shape index (κ1) is 15.5. The summed E-state index contributed by atoms with van der Waals surface area (Å²) in [5.41, 5.74) is 2.71. The van der Waals surface area contributed by atoms with Gasteiger partial charge in [0.2, 0.25) is 0 Å². The molecule has 0 aliphatic heterocycles. The van der Waals surface area contributed by atoms with Gasteiger partial charge in [-0.25, -0.2) is 0 Å². The Morgan fingerprint density at radius 1 is 1.30 bits per heavy atom. The van der Waals surface area contributed by atoms with Gasteiger partial charge in [-0.15, -0.1) is 0 Å². The van der Waals surface area contributed by atoms with Crippen LogP contribution in [0.2, 0.25) is 0 Å². The third kappa shape index (κ3) is 2.92. The smallest absolute Gasteiger partial charge is 0.270 e. The number of halogens is 1. The van der Waals surface area contributed by atoms with Crippen molar-refractivity contribution in [1.82, 2.24) is 8.75 Å². The molecule has 0 spiro atoms. The fourth-order valence-electron chi connectivity index (χ4n) is 2.09. The molecular formula is C14H9BrN4O3S. The van der Waals surface area contributed by atoms with E-state index in [0.29, 0.717) is 21.2 Å². The molecule has 1 N–H and O–H groups in total. The van der Waals surface area contributed by atoms with Crippen molar-refractivity contribution in [2.75, 3.05) is 5.32 Å². The van der Waals surface area contributed by atoms with Gasteiger partial charge < -0.3 is 5.32 Å². The Balaban J connectivity index is 2.01. The number of non-ortho nitro benzene ring substituents is 1. The molecule has 116 valence electrons. The summed E-state index contributed by atoms with van der Waals surface area (Å²) in [5, 5.41) is 13.7. The molecule has 0 atom stereocenters. The topological polar surface area (TPSA) is 98.0 Å². The Kier molecular flexibility index (Phi) is 4.05. The van der Waals surface area contributed by atoms with Gasteiger partial charge in [0.05, 0.1) is 27.9 Å². The van der Waals surface area contributed by atoms with Gasteiger partial charge in [0, 0.05) is 16.6 Å². The van der Waals surface area contributed by atoms with E-state index in [-0.39, 0.29) is 11.3 Å². The van der Waals surface area contributed by atoms with Gasteiger partial charge in [-0.1, -0.05) is 6.07 Å². The molecule has 0 bridgehead atoms. The molecule has 0 saturated carbocycles. The van der Waals surface area contributed by atoms with E-state index in [1.807, 2.05) is 19.1 Å². The summed E-state index contributed by atoms with van der Waals surface area (Å²) in [5.74, 6) is -0.454. The zero-order valence-electron chi connectivity index (χ0n) is 11.7. The number of aromatic nitrogens is 2. The third-order valence-corrected chi connectivity index (χ3v) is 4.51. The third-order valence-electron chi connectivity index (χ3n) is 3.28. The predicted octanol–water partition coefficient (Wildman–Crippen LogP) is 3.92. The number of aryl methyl sites for hydroxylation is 1. The molecule has 0 radical (unpaired) electrons. The summed E-state index contributed by atoms with van der Waals surface area (Å²) in [6, 6.07) is 7.70. The zero-order chi connectivity index (χ0) is 16.6. The number of nitro groups is 1. The van der Waals surface area contributed by atoms with Crippen LogP contribution in [0.1, 0.15) is 15.9 Å². The molecule has 1 aromatic heterocycles. The number of nitro benzene ring substituents is 1. The maximum Gasteiger partial charge on any atom is 0.270 e. The van der Waals surface area contributed by atoms with Crippen molar-refractivity contribution in [2.45, 2.75) is 6.92 Å². The molecule has 1 heterocycles. The number of nitrogens with zero attached hydrogens (tertiary/aromatic N) is 3. The Morgan fingerprint density at radius 2 is 2.09 bits per heavy atom. The summed E-state index contributed by atoms with van der Waals surface area (Å²) in [6.07, 6.45) is 0. The lowest BCUT2D eigenvalue weighted by molar-refractivity contribution is -0.384. The molecule has 1 amide bonds. The highest BCUT2D eigenvalue weighted by Gasteiger charge is 2.18. The molecule has 3 rings (SSSR count). The predicted molar refractivity (Wildman–Crippen MR) is 90.9 cm³/mol. The summed E-state index contributed by atoms with van der Waals surface area (Å²) in [6.45, 7) is 1.84. The Labute approximate surface area is 142 Å². The van der Waals surface area contributed by atoms with Crippen molar-refractivity contribution in [2.24, 2.45) is 0 Å². The summed E-state index contributed by atoms with van der Waals surface area (Å²) in [4.78, 5) is 22.9. The first-order valence-corrected chi connectivity index (χ1v) is 7.97. The molecular weight excluding hydrogens is 384 g/mol. The summed E-state index contributed by atoms with van der Waals surface area (Å²) in [7, 11) is 0. The second-order valence-corrected chi connectivity index (χ2v) is 6.15. The number of benzene rings is 2. The van der Waals surface area contributed by atoms with Crippen LogP contribution in [0.5, 0.6) is 0 Å². The highest BCUT2D eigenvalue weighted by atomic mass is 79.9. The first-order chi connectivity index (χ1) is 11.0. The van der Waals surface area contributed by atoms with Crippen molar-refractivity contribution >= 4 is 56.0 Å². The van der Waals surface area contributed by atoms with Gasteiger partial charge in [0.15, 0.2) is 0 Å². The molecule has 23 heavy (non-hydrogen) atoms. The quantitative estimate of drug-likeness (QED) is 0.537. The number of hydrogen-bond donors (Lipinski definition) is 1. The van der Waals surface area contributed by atoms with E-state index in [1.54, 1.807) is 0 Å². The van der Waals surface area contributed by atoms with Crippen LogP contribution in [0.25, 0.3) is 11.0 Å². The second kappa shape index (κ2) is 6.01. The zero-order valence-corrected chi connectivity index (χ0v) is 14.1. The number of amides is 1. The van der Waals surface area contributed by atoms with E-state index >= 15 is 0 Å². The van der Waals surface area contributed by atoms with Crippen molar-refractivity contribution in [3.05, 3.63) is 56.0 Å². The average Bonchev–Trinajstić information content (AvgIpc) is 2.99. The van der Waals surface area contributed by atoms with Gasteiger partial charge in [-0.3, -0.25) is 14.9 Å². The number of hydrogen-bond acceptors (Lipinski definition) is 6. The van der Waals surface area contributed by atoms with Crippen LogP contribution >= 0.6 is 27.7 Å². The number of rotatable bonds is 3. The van der Waals surface area contributed by atoms with E-state index in [0.717, 1.165) is 17.3 Å². The fourth-order valence-corrected chi connectivity index (χ4v) is 3.06. The molecule has 0 aliphatic carbocycles. The molecule has 7 nitrogen and oxygen atoms in total. The minimum atomic E-state index is -0.542. The highest BCUT2D eigenvalue weighted by Crippen LogP contribution is 2.28. The molecule has 0 fully saturated rings. The van der Waals surface area contributed by atoms with Crippen LogP contribution in [0.3, 0.4) is 0 Å². The largest absolute Gasteiger partial charge is 0.320 e. The fraction of sp³-hybridized carbons (Fsp3) is 0.0714. The van der Waals surface area contributed by atoms with Crippen LogP contribution in [0, 0.1) is 17.0 Å². The molecule has 0 saturated heterocycles. The number of nitrogens with one attached hydrogen (secondary N) is 1. The molecule has 9 heteroatoms. The van der Waals surface area contributed by atoms with Crippen molar-refractivity contribution in [3.63, 3.8) is 0 Å². The minimum absolute atomic E-state index is 0.149. The van der Waals surface area contributed by atoms with Gasteiger partial charge in [-0.05, 0) is 40.5 Å². The van der Waals surface area contributed by atoms with Crippen LogP contribution in [0.15, 0.2) is 34.8 Å². The lowest BCUT2D eigenvalue weighted by Crippen LogP contribution is -2.14. The number of carbonyl (C=O) groups excluding carboxylic acids is 1. The second-order valence-electron chi connectivity index (χ2n) is 4.76. The van der Waals surface area contributed by atoms with E-state index in [9.17, 15) is 14.9 Å². The van der Waals surface area contributed by atoms with Gasteiger partial charge in [0.25, 0.3) is 11.6 Å². The van der Waals surface area contributed by atoms with Gasteiger partial charge in [0.1, 0.15) is 11.0 Å². The van der Waals surface area contributed by atoms with Crippen LogP contribution in [0.4, 0.5) is 11.4 Å². The number of fused-ring (bicyclic) bond motifs is 1. The number of carbonyl (C=O) groups is 1. The van der Waals surface area contributed by atoms with Crippen LogP contribution in [-0.4, -0.2) is 19.6 Å². The Hall–Kier alpha value is -2.39. The van der Waals surface area contributed by atoms with E-state index < -0.39 is 10.8 Å². The first-order valence-electron chi connectivity index (χ1n) is 6.44. The average molecular weight is 393 g/mol.